The number of aryl methyl sites for hydroxylation is 2. The molecule has 0 fully saturated rings. The number of hydrogen-bond donors (Lipinski definition) is 3. The van der Waals surface area contributed by atoms with Crippen LogP contribution in [0.25, 0.3) is 0 Å². The Morgan fingerprint density at radius 1 is 0.688 bits per heavy atom. The predicted molar refractivity (Wildman–Crippen MR) is 143 cm³/mol. The van der Waals surface area contributed by atoms with Gasteiger partial charge in [0.1, 0.15) is 0 Å². The van der Waals surface area contributed by atoms with Crippen molar-refractivity contribution in [2.45, 2.75) is 137 Å². The van der Waals surface area contributed by atoms with Gasteiger partial charge in [0.15, 0.2) is 0 Å². The Labute approximate surface area is 199 Å². The van der Waals surface area contributed by atoms with E-state index in [1.54, 1.807) is 0 Å². The quantitative estimate of drug-likeness (QED) is 0.171. The third-order valence-corrected chi connectivity index (χ3v) is 9.23. The molecular weight excluding hydrogens is 415 g/mol. The Bertz CT molecular complexity index is 668. The third kappa shape index (κ3) is 10.2. The predicted octanol–water partition coefficient (Wildman–Crippen LogP) is 7.85. The molecule has 1 aromatic carbocycles. The van der Waals surface area contributed by atoms with E-state index < -0.39 is 7.28 Å². The summed E-state index contributed by atoms with van der Waals surface area (Å²) in [5.74, 6) is 0. The fourth-order valence-corrected chi connectivity index (χ4v) is 6.94. The Kier molecular flexibility index (Phi) is 12.4. The normalized spacial score (nSPS) is 13.8. The van der Waals surface area contributed by atoms with Crippen LogP contribution in [0.5, 0.6) is 0 Å². The molecule has 0 aliphatic rings. The zero-order chi connectivity index (χ0) is 24.3. The Hall–Kier alpha value is -0.470. The second-order valence-corrected chi connectivity index (χ2v) is 14.3. The van der Waals surface area contributed by atoms with Crippen molar-refractivity contribution in [1.82, 2.24) is 0 Å². The fourth-order valence-electron chi connectivity index (χ4n) is 4.54. The minimum absolute atomic E-state index is 0.0689. The van der Waals surface area contributed by atoms with Gasteiger partial charge in [-0.1, -0.05) is 6.92 Å². The molecule has 1 aromatic rings. The van der Waals surface area contributed by atoms with E-state index in [4.69, 9.17) is 0 Å². The summed E-state index contributed by atoms with van der Waals surface area (Å²) >= 11 is 0. The molecule has 3 N–H and O–H groups in total. The molecule has 0 heterocycles. The van der Waals surface area contributed by atoms with E-state index in [1.807, 2.05) is 13.0 Å². The monoisotopic (exact) mass is 468 g/mol. The molecule has 4 heteroatoms. The van der Waals surface area contributed by atoms with Gasteiger partial charge in [-0.3, -0.25) is 0 Å². The van der Waals surface area contributed by atoms with Crippen LogP contribution in [0.15, 0.2) is 12.1 Å². The first kappa shape index (κ1) is 29.6. The maximum absolute atomic E-state index is 11.2. The molecule has 1 rings (SSSR count). The van der Waals surface area contributed by atoms with Gasteiger partial charge in [0, 0.05) is 0 Å². The van der Waals surface area contributed by atoms with Crippen molar-refractivity contribution in [3.8, 4) is 0 Å². The van der Waals surface area contributed by atoms with Crippen LogP contribution in [-0.2, 0) is 11.8 Å². The van der Waals surface area contributed by atoms with E-state index in [2.05, 4.69) is 40.7 Å². The standard InChI is InChI=1S/C28H53O3P/c1-7-9-11-12-13-14-15-16-17-18-19-21-32(29,30,31)27-22-24(3)25(20-10-8-2)23-26(27)28(4,5)6/h22-23,29-31H,7-21H2,1-6H3. The Balaban J connectivity index is 2.70. The van der Waals surface area contributed by atoms with Crippen LogP contribution in [0, 0.1) is 6.92 Å². The summed E-state index contributed by atoms with van der Waals surface area (Å²) in [5, 5.41) is 0.383. The molecule has 0 aromatic heterocycles. The van der Waals surface area contributed by atoms with E-state index in [-0.39, 0.29) is 11.6 Å². The Morgan fingerprint density at radius 2 is 1.16 bits per heavy atom. The molecule has 0 saturated carbocycles. The zero-order valence-corrected chi connectivity index (χ0v) is 22.9. The molecule has 0 bridgehead atoms. The van der Waals surface area contributed by atoms with Gasteiger partial charge >= 0.3 is 192 Å². The van der Waals surface area contributed by atoms with Crippen LogP contribution in [0.1, 0.15) is 135 Å². The molecule has 188 valence electrons. The van der Waals surface area contributed by atoms with Crippen LogP contribution in [0.2, 0.25) is 0 Å². The van der Waals surface area contributed by atoms with Gasteiger partial charge in [0.05, 0.1) is 0 Å². The molecule has 32 heavy (non-hydrogen) atoms. The Morgan fingerprint density at radius 3 is 1.62 bits per heavy atom. The van der Waals surface area contributed by atoms with Gasteiger partial charge in [-0.15, -0.1) is 0 Å². The molecule has 0 saturated heterocycles. The van der Waals surface area contributed by atoms with Crippen molar-refractivity contribution in [2.75, 3.05) is 6.16 Å². The van der Waals surface area contributed by atoms with Crippen molar-refractivity contribution >= 4 is 12.6 Å². The summed E-state index contributed by atoms with van der Waals surface area (Å²) < 4.78 is 0. The SMILES string of the molecule is CCCCCCCCCCCCCP(O)(O)(O)c1cc(C)c(CCCC)cc1C(C)(C)C. The molecule has 0 aliphatic heterocycles. The molecule has 3 nitrogen and oxygen atoms in total. The van der Waals surface area contributed by atoms with Gasteiger partial charge in [-0.25, -0.2) is 0 Å². The molecule has 0 amide bonds. The van der Waals surface area contributed by atoms with Crippen molar-refractivity contribution in [2.24, 2.45) is 0 Å². The van der Waals surface area contributed by atoms with Crippen LogP contribution in [-0.4, -0.2) is 20.8 Å². The van der Waals surface area contributed by atoms with Crippen LogP contribution in [0.4, 0.5) is 0 Å². The van der Waals surface area contributed by atoms with E-state index in [9.17, 15) is 14.7 Å². The number of benzene rings is 1. The second kappa shape index (κ2) is 13.4. The molecule has 0 unspecified atom stereocenters. The van der Waals surface area contributed by atoms with Crippen LogP contribution >= 0.6 is 7.28 Å². The van der Waals surface area contributed by atoms with E-state index >= 15 is 0 Å². The van der Waals surface area contributed by atoms with Crippen molar-refractivity contribution in [1.29, 1.82) is 0 Å². The van der Waals surface area contributed by atoms with Gasteiger partial charge in [0.25, 0.3) is 0 Å². The summed E-state index contributed by atoms with van der Waals surface area (Å²) in [6.45, 7) is 12.7. The topological polar surface area (TPSA) is 60.7 Å². The molecule has 0 aliphatic carbocycles. The molecular formula is C28H53O3P. The average molecular weight is 469 g/mol. The summed E-state index contributed by atoms with van der Waals surface area (Å²) in [4.78, 5) is 33.5. The molecule has 0 spiro atoms. The summed E-state index contributed by atoms with van der Waals surface area (Å²) in [6.07, 6.45) is 16.5. The minimum atomic E-state index is -4.90. The average Bonchev–Trinajstić information content (AvgIpc) is 2.69. The fraction of sp³-hybridized carbons (Fsp3) is 0.786. The molecule has 0 atom stereocenters. The molecule has 0 radical (unpaired) electrons. The van der Waals surface area contributed by atoms with E-state index in [0.717, 1.165) is 43.2 Å². The van der Waals surface area contributed by atoms with Gasteiger partial charge < -0.3 is 0 Å². The summed E-state index contributed by atoms with van der Waals surface area (Å²) in [7, 11) is -4.90. The second-order valence-electron chi connectivity index (χ2n) is 11.1. The number of hydrogen-bond acceptors (Lipinski definition) is 3. The van der Waals surface area contributed by atoms with Crippen LogP contribution in [0.3, 0.4) is 0 Å². The van der Waals surface area contributed by atoms with Gasteiger partial charge in [0.2, 0.25) is 0 Å². The first-order valence-electron chi connectivity index (χ1n) is 13.3. The van der Waals surface area contributed by atoms with Crippen molar-refractivity contribution in [3.63, 3.8) is 0 Å². The maximum atomic E-state index is 11.2. The van der Waals surface area contributed by atoms with Crippen molar-refractivity contribution < 1.29 is 14.7 Å². The van der Waals surface area contributed by atoms with Crippen molar-refractivity contribution in [3.05, 3.63) is 28.8 Å². The summed E-state index contributed by atoms with van der Waals surface area (Å²) in [6, 6.07) is 3.98. The van der Waals surface area contributed by atoms with Gasteiger partial charge in [-0.05, 0) is 0 Å². The summed E-state index contributed by atoms with van der Waals surface area (Å²) in [5.41, 5.74) is 2.91. The number of unbranched alkanes of at least 4 members (excludes halogenated alkanes) is 11. The first-order valence-corrected chi connectivity index (χ1v) is 15.6. The van der Waals surface area contributed by atoms with E-state index in [1.165, 1.54) is 56.9 Å². The zero-order valence-electron chi connectivity index (χ0n) is 22.1. The first-order chi connectivity index (χ1) is 14.9. The van der Waals surface area contributed by atoms with E-state index in [0.29, 0.717) is 11.7 Å². The third-order valence-electron chi connectivity index (χ3n) is 6.73. The van der Waals surface area contributed by atoms with Crippen LogP contribution < -0.4 is 5.30 Å². The number of rotatable bonds is 16. The van der Waals surface area contributed by atoms with Gasteiger partial charge in [-0.2, -0.15) is 0 Å².